The summed E-state index contributed by atoms with van der Waals surface area (Å²) in [6, 6.07) is 0. The molecule has 0 heterocycles. The topological polar surface area (TPSA) is 46.5 Å². The smallest absolute Gasteiger partial charge is 0.302 e. The maximum Gasteiger partial charge on any atom is 0.302 e. The summed E-state index contributed by atoms with van der Waals surface area (Å²) in [7, 11) is 0. The molecule has 1 aliphatic carbocycles. The first-order valence-corrected chi connectivity index (χ1v) is 4.15. The van der Waals surface area contributed by atoms with Gasteiger partial charge in [-0.25, -0.2) is 0 Å². The van der Waals surface area contributed by atoms with Crippen molar-refractivity contribution in [3.63, 3.8) is 0 Å². The van der Waals surface area contributed by atoms with Crippen LogP contribution in [0.5, 0.6) is 0 Å². The molecule has 0 aliphatic heterocycles. The Morgan fingerprint density at radius 1 is 1.58 bits per heavy atom. The van der Waals surface area contributed by atoms with E-state index >= 15 is 0 Å². The standard InChI is InChI=1S/C9H14O3/c1-7(11)12-6-9-3-2-8(4-9)5-10/h2-3,8-10H,4-6H2,1H3/t8-,9+/m1/s1. The molecule has 2 atom stereocenters. The van der Waals surface area contributed by atoms with Crippen molar-refractivity contribution in [2.75, 3.05) is 13.2 Å². The lowest BCUT2D eigenvalue weighted by Crippen LogP contribution is -2.10. The minimum absolute atomic E-state index is 0.188. The van der Waals surface area contributed by atoms with E-state index in [9.17, 15) is 4.79 Å². The molecule has 3 nitrogen and oxygen atoms in total. The molecule has 0 amide bonds. The average Bonchev–Trinajstić information content (AvgIpc) is 2.48. The summed E-state index contributed by atoms with van der Waals surface area (Å²) in [5, 5.41) is 8.80. The van der Waals surface area contributed by atoms with Gasteiger partial charge >= 0.3 is 5.97 Å². The Labute approximate surface area is 72.0 Å². The highest BCUT2D eigenvalue weighted by molar-refractivity contribution is 5.65. The Bertz CT molecular complexity index is 186. The van der Waals surface area contributed by atoms with Gasteiger partial charge in [-0.1, -0.05) is 12.2 Å². The molecule has 0 unspecified atom stereocenters. The van der Waals surface area contributed by atoms with Gasteiger partial charge in [0.05, 0.1) is 6.61 Å². The van der Waals surface area contributed by atoms with Gasteiger partial charge in [0, 0.05) is 25.4 Å². The number of esters is 1. The van der Waals surface area contributed by atoms with E-state index < -0.39 is 0 Å². The van der Waals surface area contributed by atoms with Gasteiger partial charge in [-0.15, -0.1) is 0 Å². The number of hydrogen-bond donors (Lipinski definition) is 1. The molecule has 0 bridgehead atoms. The van der Waals surface area contributed by atoms with Crippen molar-refractivity contribution < 1.29 is 14.6 Å². The highest BCUT2D eigenvalue weighted by atomic mass is 16.5. The first-order valence-electron chi connectivity index (χ1n) is 4.15. The molecule has 0 saturated heterocycles. The number of ether oxygens (including phenoxy) is 1. The van der Waals surface area contributed by atoms with Gasteiger partial charge in [-0.05, 0) is 6.42 Å². The fourth-order valence-electron chi connectivity index (χ4n) is 1.34. The average molecular weight is 170 g/mol. The fourth-order valence-corrected chi connectivity index (χ4v) is 1.34. The zero-order valence-corrected chi connectivity index (χ0v) is 7.19. The van der Waals surface area contributed by atoms with Gasteiger partial charge in [0.25, 0.3) is 0 Å². The number of carbonyl (C=O) groups is 1. The summed E-state index contributed by atoms with van der Waals surface area (Å²) >= 11 is 0. The molecule has 0 saturated carbocycles. The Morgan fingerprint density at radius 3 is 2.75 bits per heavy atom. The van der Waals surface area contributed by atoms with E-state index in [1.165, 1.54) is 6.92 Å². The van der Waals surface area contributed by atoms with Gasteiger partial charge in [0.15, 0.2) is 0 Å². The van der Waals surface area contributed by atoms with Crippen molar-refractivity contribution >= 4 is 5.97 Å². The normalized spacial score (nSPS) is 27.5. The largest absolute Gasteiger partial charge is 0.465 e. The van der Waals surface area contributed by atoms with Crippen LogP contribution in [-0.4, -0.2) is 24.3 Å². The van der Waals surface area contributed by atoms with Crippen LogP contribution in [0.4, 0.5) is 0 Å². The summed E-state index contributed by atoms with van der Waals surface area (Å²) in [6.07, 6.45) is 4.88. The second kappa shape index (κ2) is 4.26. The first-order chi connectivity index (χ1) is 5.72. The summed E-state index contributed by atoms with van der Waals surface area (Å²) < 4.78 is 4.85. The maximum absolute atomic E-state index is 10.5. The van der Waals surface area contributed by atoms with Crippen molar-refractivity contribution in [1.29, 1.82) is 0 Å². The summed E-state index contributed by atoms with van der Waals surface area (Å²) in [5.74, 6) is 0.312. The molecule has 0 fully saturated rings. The Morgan fingerprint density at radius 2 is 2.25 bits per heavy atom. The Hall–Kier alpha value is -0.830. The van der Waals surface area contributed by atoms with E-state index in [-0.39, 0.29) is 18.5 Å². The van der Waals surface area contributed by atoms with E-state index in [4.69, 9.17) is 9.84 Å². The molecule has 0 spiro atoms. The molecule has 0 aromatic heterocycles. The minimum Gasteiger partial charge on any atom is -0.465 e. The molecule has 1 N–H and O–H groups in total. The van der Waals surface area contributed by atoms with Crippen LogP contribution in [0.25, 0.3) is 0 Å². The van der Waals surface area contributed by atoms with Gasteiger partial charge in [0.1, 0.15) is 0 Å². The van der Waals surface area contributed by atoms with E-state index in [0.717, 1.165) is 6.42 Å². The van der Waals surface area contributed by atoms with Crippen molar-refractivity contribution in [3.8, 4) is 0 Å². The fraction of sp³-hybridized carbons (Fsp3) is 0.667. The number of rotatable bonds is 3. The first kappa shape index (κ1) is 9.26. The second-order valence-corrected chi connectivity index (χ2v) is 3.13. The molecule has 3 heteroatoms. The van der Waals surface area contributed by atoms with Gasteiger partial charge in [-0.2, -0.15) is 0 Å². The maximum atomic E-state index is 10.5. The number of aliphatic hydroxyl groups excluding tert-OH is 1. The Kier molecular flexibility index (Phi) is 3.29. The van der Waals surface area contributed by atoms with Gasteiger partial charge < -0.3 is 9.84 Å². The number of hydrogen-bond acceptors (Lipinski definition) is 3. The number of carbonyl (C=O) groups excluding carboxylic acids is 1. The highest BCUT2D eigenvalue weighted by Gasteiger charge is 2.18. The van der Waals surface area contributed by atoms with Crippen LogP contribution < -0.4 is 0 Å². The third-order valence-electron chi connectivity index (χ3n) is 2.00. The van der Waals surface area contributed by atoms with Crippen LogP contribution in [0.15, 0.2) is 12.2 Å². The summed E-state index contributed by atoms with van der Waals surface area (Å²) in [5.41, 5.74) is 0. The minimum atomic E-state index is -0.240. The molecular weight excluding hydrogens is 156 g/mol. The lowest BCUT2D eigenvalue weighted by Gasteiger charge is -2.09. The third kappa shape index (κ3) is 2.66. The van der Waals surface area contributed by atoms with Gasteiger partial charge in [-0.3, -0.25) is 4.79 Å². The monoisotopic (exact) mass is 170 g/mol. The molecule has 1 aliphatic rings. The van der Waals surface area contributed by atoms with Crippen molar-refractivity contribution in [1.82, 2.24) is 0 Å². The van der Waals surface area contributed by atoms with Crippen molar-refractivity contribution in [2.24, 2.45) is 11.8 Å². The van der Waals surface area contributed by atoms with Crippen molar-refractivity contribution in [3.05, 3.63) is 12.2 Å². The molecule has 0 aromatic rings. The van der Waals surface area contributed by atoms with Crippen molar-refractivity contribution in [2.45, 2.75) is 13.3 Å². The van der Waals surface area contributed by atoms with E-state index in [2.05, 4.69) is 0 Å². The molecule has 0 radical (unpaired) electrons. The Balaban J connectivity index is 2.20. The van der Waals surface area contributed by atoms with E-state index in [1.54, 1.807) is 0 Å². The molecule has 12 heavy (non-hydrogen) atoms. The van der Waals surface area contributed by atoms with Crippen LogP contribution in [0.2, 0.25) is 0 Å². The number of aliphatic hydroxyl groups is 1. The van der Waals surface area contributed by atoms with Crippen LogP contribution >= 0.6 is 0 Å². The highest BCUT2D eigenvalue weighted by Crippen LogP contribution is 2.22. The van der Waals surface area contributed by atoms with Gasteiger partial charge in [0.2, 0.25) is 0 Å². The lowest BCUT2D eigenvalue weighted by molar-refractivity contribution is -0.141. The second-order valence-electron chi connectivity index (χ2n) is 3.13. The predicted octanol–water partition coefficient (Wildman–Crippen LogP) is 0.734. The van der Waals surface area contributed by atoms with E-state index in [0.29, 0.717) is 12.5 Å². The molecular formula is C9H14O3. The third-order valence-corrected chi connectivity index (χ3v) is 2.00. The lowest BCUT2D eigenvalue weighted by atomic mass is 10.1. The van der Waals surface area contributed by atoms with Crippen LogP contribution in [-0.2, 0) is 9.53 Å². The zero-order valence-electron chi connectivity index (χ0n) is 7.19. The van der Waals surface area contributed by atoms with Crippen LogP contribution in [0.1, 0.15) is 13.3 Å². The zero-order chi connectivity index (χ0) is 8.97. The molecule has 1 rings (SSSR count). The predicted molar refractivity (Wildman–Crippen MR) is 44.5 cm³/mol. The van der Waals surface area contributed by atoms with E-state index in [1.807, 2.05) is 12.2 Å². The molecule has 0 aromatic carbocycles. The summed E-state index contributed by atoms with van der Waals surface area (Å²) in [6.45, 7) is 2.04. The SMILES string of the molecule is CC(=O)OC[C@H]1C=C[C@@H](CO)C1. The summed E-state index contributed by atoms with van der Waals surface area (Å²) in [4.78, 5) is 10.5. The van der Waals surface area contributed by atoms with Crippen LogP contribution in [0, 0.1) is 11.8 Å². The quantitative estimate of drug-likeness (QED) is 0.502. The van der Waals surface area contributed by atoms with Crippen LogP contribution in [0.3, 0.4) is 0 Å². The molecule has 68 valence electrons.